The molecule has 20 heavy (non-hydrogen) atoms. The van der Waals surface area contributed by atoms with Gasteiger partial charge in [0.05, 0.1) is 6.21 Å². The molecule has 0 unspecified atom stereocenters. The third-order valence-electron chi connectivity index (χ3n) is 3.43. The van der Waals surface area contributed by atoms with Crippen LogP contribution in [0, 0.1) is 12.7 Å². The molecule has 0 bridgehead atoms. The predicted molar refractivity (Wildman–Crippen MR) is 82.0 cm³/mol. The van der Waals surface area contributed by atoms with Crippen LogP contribution in [0.25, 0.3) is 16.3 Å². The number of hydrogen-bond acceptors (Lipinski definition) is 3. The molecule has 2 rings (SSSR count). The van der Waals surface area contributed by atoms with Crippen LogP contribution in [-0.4, -0.2) is 11.2 Å². The number of hydrogen-bond donors (Lipinski definition) is 1. The Bertz CT molecular complexity index is 702. The Labute approximate surface area is 118 Å². The number of rotatable bonds is 3. The van der Waals surface area contributed by atoms with Crippen LogP contribution in [0.1, 0.15) is 31.5 Å². The van der Waals surface area contributed by atoms with Gasteiger partial charge in [0.25, 0.3) is 0 Å². The minimum Gasteiger partial charge on any atom is -0.323 e. The lowest BCUT2D eigenvalue weighted by Crippen LogP contribution is -1.97. The molecule has 1 aromatic heterocycles. The zero-order valence-electron chi connectivity index (χ0n) is 11.9. The van der Waals surface area contributed by atoms with Crippen LogP contribution in [-0.2, 0) is 0 Å². The summed E-state index contributed by atoms with van der Waals surface area (Å²) in [6, 6.07) is 5.27. The Morgan fingerprint density at radius 2 is 2.10 bits per heavy atom. The van der Waals surface area contributed by atoms with E-state index in [9.17, 15) is 4.39 Å². The summed E-state index contributed by atoms with van der Waals surface area (Å²) in [6.45, 7) is 5.89. The molecule has 1 heterocycles. The number of pyridine rings is 1. The summed E-state index contributed by atoms with van der Waals surface area (Å²) in [5, 5.41) is 5.30. The van der Waals surface area contributed by atoms with Gasteiger partial charge in [0, 0.05) is 28.4 Å². The second-order valence-corrected chi connectivity index (χ2v) is 4.83. The lowest BCUT2D eigenvalue weighted by Gasteiger charge is -2.10. The quantitative estimate of drug-likeness (QED) is 0.524. The van der Waals surface area contributed by atoms with Crippen molar-refractivity contribution in [3.05, 3.63) is 47.0 Å². The third kappa shape index (κ3) is 2.69. The number of benzene rings is 1. The lowest BCUT2D eigenvalue weighted by molar-refractivity contribution is 0.626. The van der Waals surface area contributed by atoms with E-state index in [0.29, 0.717) is 5.56 Å². The first-order valence-electron chi connectivity index (χ1n) is 6.56. The predicted octanol–water partition coefficient (Wildman–Crippen LogP) is 3.81. The van der Waals surface area contributed by atoms with Crippen molar-refractivity contribution in [2.75, 3.05) is 0 Å². The SMILES string of the molecule is CC/C(C)=C(\C=N/N)c1cc2cc(C)ncc2cc1F. The van der Waals surface area contributed by atoms with E-state index in [-0.39, 0.29) is 5.82 Å². The van der Waals surface area contributed by atoms with Crippen LogP contribution >= 0.6 is 0 Å². The monoisotopic (exact) mass is 271 g/mol. The van der Waals surface area contributed by atoms with E-state index in [1.165, 1.54) is 12.3 Å². The zero-order chi connectivity index (χ0) is 14.7. The molecule has 0 atom stereocenters. The number of hydrazone groups is 1. The van der Waals surface area contributed by atoms with Crippen molar-refractivity contribution in [1.82, 2.24) is 4.98 Å². The standard InChI is InChI=1S/C16H18FN3/c1-4-10(2)15(9-20-18)14-6-12-5-11(3)19-8-13(12)7-16(14)17/h5-9H,4,18H2,1-3H3/b15-10+,20-9-. The van der Waals surface area contributed by atoms with Crippen LogP contribution in [0.5, 0.6) is 0 Å². The molecular formula is C16H18FN3. The van der Waals surface area contributed by atoms with Crippen molar-refractivity contribution in [1.29, 1.82) is 0 Å². The molecule has 0 aliphatic carbocycles. The molecule has 4 heteroatoms. The van der Waals surface area contributed by atoms with E-state index in [2.05, 4.69) is 10.1 Å². The molecule has 0 amide bonds. The average Bonchev–Trinajstić information content (AvgIpc) is 2.44. The van der Waals surface area contributed by atoms with Gasteiger partial charge >= 0.3 is 0 Å². The first-order valence-corrected chi connectivity index (χ1v) is 6.56. The van der Waals surface area contributed by atoms with E-state index in [1.54, 1.807) is 6.20 Å². The molecule has 1 aromatic carbocycles. The molecule has 0 radical (unpaired) electrons. The summed E-state index contributed by atoms with van der Waals surface area (Å²) in [4.78, 5) is 4.19. The third-order valence-corrected chi connectivity index (χ3v) is 3.43. The fourth-order valence-corrected chi connectivity index (χ4v) is 2.16. The van der Waals surface area contributed by atoms with Crippen molar-refractivity contribution in [3.63, 3.8) is 0 Å². The zero-order valence-corrected chi connectivity index (χ0v) is 11.9. The summed E-state index contributed by atoms with van der Waals surface area (Å²) in [5.74, 6) is 4.96. The number of nitrogens with zero attached hydrogens (tertiary/aromatic N) is 2. The second kappa shape index (κ2) is 5.82. The largest absolute Gasteiger partial charge is 0.323 e. The first kappa shape index (κ1) is 14.2. The average molecular weight is 271 g/mol. The van der Waals surface area contributed by atoms with Crippen molar-refractivity contribution in [3.8, 4) is 0 Å². The van der Waals surface area contributed by atoms with Gasteiger partial charge in [0.15, 0.2) is 0 Å². The molecule has 0 aliphatic heterocycles. The van der Waals surface area contributed by atoms with E-state index >= 15 is 0 Å². The minimum atomic E-state index is -0.286. The van der Waals surface area contributed by atoms with E-state index < -0.39 is 0 Å². The molecule has 2 N–H and O–H groups in total. The summed E-state index contributed by atoms with van der Waals surface area (Å²) in [7, 11) is 0. The normalized spacial score (nSPS) is 13.0. The summed E-state index contributed by atoms with van der Waals surface area (Å²) >= 11 is 0. The van der Waals surface area contributed by atoms with Gasteiger partial charge in [-0.3, -0.25) is 4.98 Å². The summed E-state index contributed by atoms with van der Waals surface area (Å²) < 4.78 is 14.3. The smallest absolute Gasteiger partial charge is 0.131 e. The Kier molecular flexibility index (Phi) is 4.13. The highest BCUT2D eigenvalue weighted by molar-refractivity contribution is 6.11. The molecule has 0 fully saturated rings. The van der Waals surface area contributed by atoms with E-state index in [4.69, 9.17) is 5.84 Å². The van der Waals surface area contributed by atoms with Gasteiger partial charge in [0.2, 0.25) is 0 Å². The summed E-state index contributed by atoms with van der Waals surface area (Å²) in [5.41, 5.74) is 3.21. The number of fused-ring (bicyclic) bond motifs is 1. The van der Waals surface area contributed by atoms with Crippen molar-refractivity contribution in [2.45, 2.75) is 27.2 Å². The molecule has 3 nitrogen and oxygen atoms in total. The lowest BCUT2D eigenvalue weighted by atomic mass is 9.97. The van der Waals surface area contributed by atoms with Crippen LogP contribution in [0.15, 0.2) is 35.1 Å². The molecule has 0 saturated heterocycles. The summed E-state index contributed by atoms with van der Waals surface area (Å²) in [6.07, 6.45) is 4.01. The molecule has 2 aromatic rings. The van der Waals surface area contributed by atoms with Gasteiger partial charge < -0.3 is 5.84 Å². The Morgan fingerprint density at radius 1 is 1.35 bits per heavy atom. The first-order chi connectivity index (χ1) is 9.56. The number of halogens is 1. The molecule has 104 valence electrons. The molecule has 0 aliphatic rings. The maximum absolute atomic E-state index is 14.3. The van der Waals surface area contributed by atoms with Crippen LogP contribution in [0.3, 0.4) is 0 Å². The van der Waals surface area contributed by atoms with E-state index in [0.717, 1.165) is 34.0 Å². The topological polar surface area (TPSA) is 51.3 Å². The highest BCUT2D eigenvalue weighted by Gasteiger charge is 2.11. The van der Waals surface area contributed by atoms with Crippen LogP contribution in [0.2, 0.25) is 0 Å². The van der Waals surface area contributed by atoms with Gasteiger partial charge in [-0.25, -0.2) is 4.39 Å². The van der Waals surface area contributed by atoms with Gasteiger partial charge in [0.1, 0.15) is 5.82 Å². The Balaban J connectivity index is 2.72. The number of aromatic nitrogens is 1. The minimum absolute atomic E-state index is 0.286. The second-order valence-electron chi connectivity index (χ2n) is 4.83. The molecule has 0 saturated carbocycles. The van der Waals surface area contributed by atoms with Crippen molar-refractivity contribution in [2.24, 2.45) is 10.9 Å². The number of nitrogens with two attached hydrogens (primary N) is 1. The van der Waals surface area contributed by atoms with Gasteiger partial charge in [-0.1, -0.05) is 12.5 Å². The van der Waals surface area contributed by atoms with Crippen molar-refractivity contribution >= 4 is 22.6 Å². The van der Waals surface area contributed by atoms with Crippen LogP contribution in [0.4, 0.5) is 4.39 Å². The van der Waals surface area contributed by atoms with Gasteiger partial charge in [-0.15, -0.1) is 0 Å². The molecule has 0 spiro atoms. The fraction of sp³-hybridized carbons (Fsp3) is 0.250. The van der Waals surface area contributed by atoms with Gasteiger partial charge in [-0.05, 0) is 43.9 Å². The Hall–Kier alpha value is -2.23. The maximum Gasteiger partial charge on any atom is 0.131 e. The van der Waals surface area contributed by atoms with E-state index in [1.807, 2.05) is 32.9 Å². The number of aryl methyl sites for hydroxylation is 1. The van der Waals surface area contributed by atoms with Gasteiger partial charge in [-0.2, -0.15) is 5.10 Å². The number of allylic oxidation sites excluding steroid dienone is 2. The maximum atomic E-state index is 14.3. The Morgan fingerprint density at radius 3 is 2.75 bits per heavy atom. The molecular weight excluding hydrogens is 253 g/mol. The highest BCUT2D eigenvalue weighted by atomic mass is 19.1. The highest BCUT2D eigenvalue weighted by Crippen LogP contribution is 2.26. The fourth-order valence-electron chi connectivity index (χ4n) is 2.16. The van der Waals surface area contributed by atoms with Crippen molar-refractivity contribution < 1.29 is 4.39 Å². The van der Waals surface area contributed by atoms with Crippen LogP contribution < -0.4 is 5.84 Å².